The van der Waals surface area contributed by atoms with Gasteiger partial charge >= 0.3 is 0 Å². The number of carbonyl (C=O) groups excluding carboxylic acids is 1. The molecule has 1 aromatic carbocycles. The second-order valence-corrected chi connectivity index (χ2v) is 7.52. The molecule has 3 saturated heterocycles. The maximum atomic E-state index is 12.5. The molecule has 120 valence electrons. The maximum absolute atomic E-state index is 12.5. The lowest BCUT2D eigenvalue weighted by Gasteiger charge is -2.55. The van der Waals surface area contributed by atoms with Crippen molar-refractivity contribution in [3.05, 3.63) is 33.8 Å². The van der Waals surface area contributed by atoms with Crippen LogP contribution in [0.25, 0.3) is 0 Å². The number of benzene rings is 1. The smallest absolute Gasteiger partial charge is 0.251 e. The Labute approximate surface area is 146 Å². The number of hydrogen-bond acceptors (Lipinski definition) is 2. The van der Waals surface area contributed by atoms with Crippen LogP contribution in [0.1, 0.15) is 23.2 Å². The van der Waals surface area contributed by atoms with Crippen molar-refractivity contribution in [2.24, 2.45) is 17.8 Å². The van der Waals surface area contributed by atoms with E-state index in [1.54, 1.807) is 18.2 Å². The lowest BCUT2D eigenvalue weighted by Crippen LogP contribution is -2.64. The molecule has 6 heteroatoms. The van der Waals surface area contributed by atoms with Crippen LogP contribution < -0.4 is 5.32 Å². The molecule has 5 rings (SSSR count). The highest BCUT2D eigenvalue weighted by molar-refractivity contribution is 6.42. The lowest BCUT2D eigenvalue weighted by molar-refractivity contribution is -0.0418. The number of halogens is 3. The summed E-state index contributed by atoms with van der Waals surface area (Å²) in [5.74, 6) is 2.05. The first-order valence-corrected chi connectivity index (χ1v) is 8.34. The van der Waals surface area contributed by atoms with Crippen molar-refractivity contribution in [2.75, 3.05) is 19.6 Å². The van der Waals surface area contributed by atoms with Crippen molar-refractivity contribution in [2.45, 2.75) is 18.9 Å². The monoisotopic (exact) mass is 360 g/mol. The standard InChI is InChI=1S/C16H18Cl2N2O.ClH/c17-13-2-1-10(5-14(13)18)16(21)19-15-11-3-9-4-12(15)8-20(6-9)7-11;/h1-2,5,9,11-12,15H,3-4,6-8H2,(H,19,21);1H/t9?,11-,12-,15?;/m0./s1. The number of nitrogens with zero attached hydrogens (tertiary/aromatic N) is 1. The summed E-state index contributed by atoms with van der Waals surface area (Å²) in [5.41, 5.74) is 0.596. The fourth-order valence-electron chi connectivity index (χ4n) is 4.52. The van der Waals surface area contributed by atoms with Crippen LogP contribution in [0, 0.1) is 17.8 Å². The molecule has 1 amide bonds. The summed E-state index contributed by atoms with van der Waals surface area (Å²) < 4.78 is 0. The Morgan fingerprint density at radius 2 is 1.77 bits per heavy atom. The first-order valence-electron chi connectivity index (χ1n) is 7.58. The summed E-state index contributed by atoms with van der Waals surface area (Å²) in [6, 6.07) is 5.39. The van der Waals surface area contributed by atoms with Gasteiger partial charge in [-0.3, -0.25) is 4.79 Å². The number of hydrogen-bond donors (Lipinski definition) is 1. The van der Waals surface area contributed by atoms with Gasteiger partial charge in [0.1, 0.15) is 0 Å². The van der Waals surface area contributed by atoms with E-state index in [1.165, 1.54) is 19.4 Å². The average Bonchev–Trinajstić information content (AvgIpc) is 2.45. The molecule has 4 bridgehead atoms. The molecule has 3 heterocycles. The molecule has 3 aliphatic heterocycles. The van der Waals surface area contributed by atoms with Crippen molar-refractivity contribution < 1.29 is 4.79 Å². The zero-order chi connectivity index (χ0) is 14.6. The molecule has 4 aliphatic rings. The van der Waals surface area contributed by atoms with E-state index in [1.807, 2.05) is 0 Å². The molecule has 0 unspecified atom stereocenters. The van der Waals surface area contributed by atoms with Crippen LogP contribution in [-0.2, 0) is 0 Å². The highest BCUT2D eigenvalue weighted by Gasteiger charge is 2.47. The van der Waals surface area contributed by atoms with Crippen LogP contribution in [0.4, 0.5) is 0 Å². The second-order valence-electron chi connectivity index (χ2n) is 6.70. The second kappa shape index (κ2) is 6.20. The average molecular weight is 362 g/mol. The van der Waals surface area contributed by atoms with E-state index in [2.05, 4.69) is 10.2 Å². The summed E-state index contributed by atoms with van der Waals surface area (Å²) in [4.78, 5) is 15.0. The van der Waals surface area contributed by atoms with Gasteiger partial charge < -0.3 is 10.2 Å². The fourth-order valence-corrected chi connectivity index (χ4v) is 4.81. The summed E-state index contributed by atoms with van der Waals surface area (Å²) in [5, 5.41) is 4.17. The Morgan fingerprint density at radius 1 is 1.09 bits per heavy atom. The van der Waals surface area contributed by atoms with Crippen LogP contribution >= 0.6 is 35.6 Å². The third-order valence-electron chi connectivity index (χ3n) is 5.27. The van der Waals surface area contributed by atoms with E-state index in [9.17, 15) is 4.79 Å². The zero-order valence-corrected chi connectivity index (χ0v) is 14.4. The molecular formula is C16H19Cl3N2O. The molecular weight excluding hydrogens is 343 g/mol. The molecule has 0 radical (unpaired) electrons. The van der Waals surface area contributed by atoms with Crippen LogP contribution in [-0.4, -0.2) is 36.5 Å². The largest absolute Gasteiger partial charge is 0.349 e. The van der Waals surface area contributed by atoms with Crippen LogP contribution in [0.2, 0.25) is 10.0 Å². The van der Waals surface area contributed by atoms with Gasteiger partial charge in [-0.25, -0.2) is 0 Å². The van der Waals surface area contributed by atoms with Crippen molar-refractivity contribution in [1.29, 1.82) is 0 Å². The zero-order valence-electron chi connectivity index (χ0n) is 12.1. The van der Waals surface area contributed by atoms with E-state index in [0.717, 1.165) is 19.0 Å². The highest BCUT2D eigenvalue weighted by Crippen LogP contribution is 2.43. The van der Waals surface area contributed by atoms with Gasteiger partial charge in [0.25, 0.3) is 5.91 Å². The summed E-state index contributed by atoms with van der Waals surface area (Å²) in [6.07, 6.45) is 2.53. The molecule has 0 spiro atoms. The Kier molecular flexibility index (Phi) is 4.61. The highest BCUT2D eigenvalue weighted by atomic mass is 35.5. The molecule has 1 aromatic rings. The first kappa shape index (κ1) is 16.4. The Bertz CT molecular complexity index is 565. The van der Waals surface area contributed by atoms with Gasteiger partial charge in [0, 0.05) is 31.2 Å². The van der Waals surface area contributed by atoms with Gasteiger partial charge in [0.15, 0.2) is 0 Å². The number of carbonyl (C=O) groups is 1. The van der Waals surface area contributed by atoms with Gasteiger partial charge in [0.2, 0.25) is 0 Å². The van der Waals surface area contributed by atoms with Crippen LogP contribution in [0.3, 0.4) is 0 Å². The van der Waals surface area contributed by atoms with Gasteiger partial charge in [-0.05, 0) is 48.8 Å². The van der Waals surface area contributed by atoms with E-state index >= 15 is 0 Å². The van der Waals surface area contributed by atoms with E-state index in [4.69, 9.17) is 23.2 Å². The van der Waals surface area contributed by atoms with Gasteiger partial charge in [0.05, 0.1) is 10.0 Å². The Balaban J connectivity index is 0.00000144. The predicted octanol–water partition coefficient (Wildman–Crippen LogP) is 3.49. The Morgan fingerprint density at radius 3 is 2.36 bits per heavy atom. The summed E-state index contributed by atoms with van der Waals surface area (Å²) in [6.45, 7) is 3.54. The number of amides is 1. The summed E-state index contributed by atoms with van der Waals surface area (Å²) in [7, 11) is 0. The predicted molar refractivity (Wildman–Crippen MR) is 91.1 cm³/mol. The lowest BCUT2D eigenvalue weighted by atomic mass is 9.65. The molecule has 1 aliphatic carbocycles. The molecule has 2 atom stereocenters. The van der Waals surface area contributed by atoms with Crippen LogP contribution in [0.5, 0.6) is 0 Å². The normalized spacial score (nSPS) is 35.1. The van der Waals surface area contributed by atoms with Gasteiger partial charge in [-0.2, -0.15) is 0 Å². The minimum Gasteiger partial charge on any atom is -0.349 e. The van der Waals surface area contributed by atoms with E-state index in [0.29, 0.717) is 33.5 Å². The van der Waals surface area contributed by atoms with Crippen LogP contribution in [0.15, 0.2) is 18.2 Å². The van der Waals surface area contributed by atoms with Crippen molar-refractivity contribution in [3.8, 4) is 0 Å². The van der Waals surface area contributed by atoms with E-state index in [-0.39, 0.29) is 18.3 Å². The van der Waals surface area contributed by atoms with Crippen molar-refractivity contribution in [1.82, 2.24) is 10.2 Å². The molecule has 1 N–H and O–H groups in total. The first-order chi connectivity index (χ1) is 10.1. The number of nitrogens with one attached hydrogen (secondary N) is 1. The third kappa shape index (κ3) is 2.84. The minimum absolute atomic E-state index is 0. The topological polar surface area (TPSA) is 32.3 Å². The van der Waals surface area contributed by atoms with Crippen molar-refractivity contribution >= 4 is 41.5 Å². The van der Waals surface area contributed by atoms with Gasteiger partial charge in [-0.15, -0.1) is 12.4 Å². The summed E-state index contributed by atoms with van der Waals surface area (Å²) >= 11 is 11.9. The SMILES string of the molecule is Cl.O=C(NC1[C@H]2CC3C[C@H]1CN(C3)C2)c1ccc(Cl)c(Cl)c1. The molecule has 22 heavy (non-hydrogen) atoms. The van der Waals surface area contributed by atoms with Gasteiger partial charge in [-0.1, -0.05) is 23.2 Å². The number of rotatable bonds is 2. The quantitative estimate of drug-likeness (QED) is 0.874. The minimum atomic E-state index is -0.0268. The Hall–Kier alpha value is -0.480. The molecule has 0 aromatic heterocycles. The molecule has 1 saturated carbocycles. The van der Waals surface area contributed by atoms with Crippen molar-refractivity contribution in [3.63, 3.8) is 0 Å². The molecule has 3 nitrogen and oxygen atoms in total. The number of piperidine rings is 3. The van der Waals surface area contributed by atoms with E-state index < -0.39 is 0 Å². The fraction of sp³-hybridized carbons (Fsp3) is 0.562. The third-order valence-corrected chi connectivity index (χ3v) is 6.01. The maximum Gasteiger partial charge on any atom is 0.251 e. The molecule has 4 fully saturated rings.